The fourth-order valence-corrected chi connectivity index (χ4v) is 2.07. The molecule has 1 aromatic carbocycles. The summed E-state index contributed by atoms with van der Waals surface area (Å²) in [5.74, 6) is -1.17. The van der Waals surface area contributed by atoms with Crippen LogP contribution < -0.4 is 11.1 Å². The molecular formula is C12H12FN3O2S. The summed E-state index contributed by atoms with van der Waals surface area (Å²) < 4.78 is 13.4. The maximum absolute atomic E-state index is 13.4. The highest BCUT2D eigenvalue weighted by molar-refractivity contribution is 7.80. The van der Waals surface area contributed by atoms with Gasteiger partial charge in [-0.05, 0) is 23.8 Å². The number of carbonyl (C=O) groups is 2. The Morgan fingerprint density at radius 2 is 1.95 bits per heavy atom. The highest BCUT2D eigenvalue weighted by Gasteiger charge is 2.22. The number of carbonyl (C=O) groups excluding carboxylic acids is 2. The summed E-state index contributed by atoms with van der Waals surface area (Å²) in [7, 11) is 0. The molecule has 1 fully saturated rings. The predicted octanol–water partition coefficient (Wildman–Crippen LogP) is -0.0817. The van der Waals surface area contributed by atoms with Gasteiger partial charge in [0.2, 0.25) is 11.8 Å². The van der Waals surface area contributed by atoms with Crippen LogP contribution in [0.25, 0.3) is 0 Å². The number of nitrogens with two attached hydrogens (primary N) is 1. The molecule has 1 heterocycles. The van der Waals surface area contributed by atoms with Crippen LogP contribution in [0.3, 0.4) is 0 Å². The Morgan fingerprint density at radius 3 is 2.53 bits per heavy atom. The van der Waals surface area contributed by atoms with E-state index in [0.717, 1.165) is 0 Å². The molecule has 0 aliphatic carbocycles. The molecule has 1 aliphatic rings. The molecule has 1 aromatic rings. The van der Waals surface area contributed by atoms with Crippen molar-refractivity contribution >= 4 is 29.0 Å². The number of benzene rings is 1. The average Bonchev–Trinajstić information content (AvgIpc) is 2.26. The minimum atomic E-state index is -0.451. The first-order valence-corrected chi connectivity index (χ1v) is 5.99. The van der Waals surface area contributed by atoms with Crippen LogP contribution in [0.15, 0.2) is 18.2 Å². The maximum atomic E-state index is 13.4. The van der Waals surface area contributed by atoms with Crippen molar-refractivity contribution in [2.45, 2.75) is 6.54 Å². The zero-order valence-corrected chi connectivity index (χ0v) is 10.8. The Morgan fingerprint density at radius 1 is 1.32 bits per heavy atom. The van der Waals surface area contributed by atoms with Crippen molar-refractivity contribution in [3.63, 3.8) is 0 Å². The lowest BCUT2D eigenvalue weighted by molar-refractivity contribution is -0.136. The molecule has 2 rings (SSSR count). The quantitative estimate of drug-likeness (QED) is 0.598. The first kappa shape index (κ1) is 13.6. The zero-order valence-electron chi connectivity index (χ0n) is 9.98. The highest BCUT2D eigenvalue weighted by atomic mass is 32.1. The summed E-state index contributed by atoms with van der Waals surface area (Å²) in [6, 6.07) is 4.24. The summed E-state index contributed by atoms with van der Waals surface area (Å²) in [6.45, 7) is 0.488. The molecule has 0 saturated carbocycles. The number of hydrogen-bond acceptors (Lipinski definition) is 4. The fraction of sp³-hybridized carbons (Fsp3) is 0.250. The molecule has 0 spiro atoms. The van der Waals surface area contributed by atoms with Gasteiger partial charge in [0.05, 0.1) is 13.1 Å². The molecule has 100 valence electrons. The third kappa shape index (κ3) is 3.55. The number of hydrogen-bond donors (Lipinski definition) is 2. The van der Waals surface area contributed by atoms with Crippen LogP contribution in [-0.4, -0.2) is 34.8 Å². The second-order valence-corrected chi connectivity index (χ2v) is 4.77. The Hall–Kier alpha value is -1.86. The van der Waals surface area contributed by atoms with Gasteiger partial charge in [0.15, 0.2) is 0 Å². The Bertz CT molecular complexity index is 546. The summed E-state index contributed by atoms with van der Waals surface area (Å²) in [4.78, 5) is 24.2. The number of rotatable bonds is 3. The summed E-state index contributed by atoms with van der Waals surface area (Å²) in [5.41, 5.74) is 6.51. The molecule has 1 saturated heterocycles. The van der Waals surface area contributed by atoms with Gasteiger partial charge < -0.3 is 5.73 Å². The third-order valence-corrected chi connectivity index (χ3v) is 2.90. The van der Waals surface area contributed by atoms with Crippen LogP contribution >= 0.6 is 12.2 Å². The SMILES string of the molecule is NC(=S)c1cc(F)cc(CN2CC(=O)NC(=O)C2)c1. The van der Waals surface area contributed by atoms with E-state index < -0.39 is 5.82 Å². The lowest BCUT2D eigenvalue weighted by Crippen LogP contribution is -2.50. The number of halogens is 1. The normalized spacial score (nSPS) is 16.3. The van der Waals surface area contributed by atoms with Crippen molar-refractivity contribution in [3.05, 3.63) is 35.1 Å². The van der Waals surface area contributed by atoms with E-state index in [1.165, 1.54) is 12.1 Å². The van der Waals surface area contributed by atoms with Crippen LogP contribution in [0.5, 0.6) is 0 Å². The van der Waals surface area contributed by atoms with Crippen LogP contribution in [0, 0.1) is 5.82 Å². The van der Waals surface area contributed by atoms with Crippen molar-refractivity contribution in [2.75, 3.05) is 13.1 Å². The number of imide groups is 1. The molecule has 2 amide bonds. The van der Waals surface area contributed by atoms with Gasteiger partial charge in [-0.2, -0.15) is 0 Å². The average molecular weight is 281 g/mol. The van der Waals surface area contributed by atoms with Crippen molar-refractivity contribution in [3.8, 4) is 0 Å². The Balaban J connectivity index is 2.16. The number of thiocarbonyl (C=S) groups is 1. The minimum absolute atomic E-state index is 0.102. The molecule has 5 nitrogen and oxygen atoms in total. The van der Waals surface area contributed by atoms with Crippen molar-refractivity contribution < 1.29 is 14.0 Å². The number of amides is 2. The summed E-state index contributed by atoms with van der Waals surface area (Å²) in [5, 5.41) is 2.20. The first-order valence-electron chi connectivity index (χ1n) is 5.58. The topological polar surface area (TPSA) is 75.4 Å². The van der Waals surface area contributed by atoms with Crippen molar-refractivity contribution in [1.82, 2.24) is 10.2 Å². The van der Waals surface area contributed by atoms with Crippen LogP contribution in [0.1, 0.15) is 11.1 Å². The van der Waals surface area contributed by atoms with Crippen molar-refractivity contribution in [1.29, 1.82) is 0 Å². The third-order valence-electron chi connectivity index (χ3n) is 2.66. The van der Waals surface area contributed by atoms with Gasteiger partial charge in [-0.3, -0.25) is 19.8 Å². The smallest absolute Gasteiger partial charge is 0.240 e. The maximum Gasteiger partial charge on any atom is 0.240 e. The molecule has 0 radical (unpaired) electrons. The Kier molecular flexibility index (Phi) is 3.87. The van der Waals surface area contributed by atoms with E-state index in [9.17, 15) is 14.0 Å². The highest BCUT2D eigenvalue weighted by Crippen LogP contribution is 2.12. The van der Waals surface area contributed by atoms with Crippen LogP contribution in [0.4, 0.5) is 4.39 Å². The summed E-state index contributed by atoms with van der Waals surface area (Å²) >= 11 is 4.80. The summed E-state index contributed by atoms with van der Waals surface area (Å²) in [6.07, 6.45) is 0. The van der Waals surface area contributed by atoms with Gasteiger partial charge >= 0.3 is 0 Å². The zero-order chi connectivity index (χ0) is 14.0. The number of nitrogens with zero attached hydrogens (tertiary/aromatic N) is 1. The second kappa shape index (κ2) is 5.41. The van der Waals surface area contributed by atoms with Gasteiger partial charge in [-0.15, -0.1) is 0 Å². The van der Waals surface area contributed by atoms with E-state index in [1.807, 2.05) is 0 Å². The fourth-order valence-electron chi connectivity index (χ4n) is 1.95. The number of nitrogens with one attached hydrogen (secondary N) is 1. The van der Waals surface area contributed by atoms with Gasteiger partial charge in [0.1, 0.15) is 10.8 Å². The van der Waals surface area contributed by atoms with Gasteiger partial charge in [-0.25, -0.2) is 4.39 Å². The molecule has 0 aromatic heterocycles. The predicted molar refractivity (Wildman–Crippen MR) is 70.7 cm³/mol. The van der Waals surface area contributed by atoms with E-state index in [0.29, 0.717) is 11.1 Å². The molecule has 0 bridgehead atoms. The van der Waals surface area contributed by atoms with Crippen LogP contribution in [0.2, 0.25) is 0 Å². The molecule has 0 atom stereocenters. The molecule has 0 unspecified atom stereocenters. The molecule has 19 heavy (non-hydrogen) atoms. The second-order valence-electron chi connectivity index (χ2n) is 4.33. The van der Waals surface area contributed by atoms with Gasteiger partial charge in [0, 0.05) is 12.1 Å². The standard InChI is InChI=1S/C12H12FN3O2S/c13-9-2-7(1-8(3-9)12(14)19)4-16-5-10(17)15-11(18)6-16/h1-3H,4-6H2,(H2,14,19)(H,15,17,18). The molecular weight excluding hydrogens is 269 g/mol. The lowest BCUT2D eigenvalue weighted by atomic mass is 10.1. The lowest BCUT2D eigenvalue weighted by Gasteiger charge is -2.25. The first-order chi connectivity index (χ1) is 8.94. The van der Waals surface area contributed by atoms with Gasteiger partial charge in [-0.1, -0.05) is 12.2 Å². The minimum Gasteiger partial charge on any atom is -0.389 e. The molecule has 3 N–H and O–H groups in total. The Labute approximate surface area is 114 Å². The van der Waals surface area contributed by atoms with Crippen molar-refractivity contribution in [2.24, 2.45) is 5.73 Å². The molecule has 1 aliphatic heterocycles. The van der Waals surface area contributed by atoms with E-state index in [1.54, 1.807) is 11.0 Å². The van der Waals surface area contributed by atoms with Crippen LogP contribution in [-0.2, 0) is 16.1 Å². The van der Waals surface area contributed by atoms with Gasteiger partial charge in [0.25, 0.3) is 0 Å². The van der Waals surface area contributed by atoms with E-state index >= 15 is 0 Å². The van der Waals surface area contributed by atoms with E-state index in [2.05, 4.69) is 5.32 Å². The largest absolute Gasteiger partial charge is 0.389 e. The van der Waals surface area contributed by atoms with E-state index in [-0.39, 0.29) is 36.4 Å². The van der Waals surface area contributed by atoms with E-state index in [4.69, 9.17) is 18.0 Å². The monoisotopic (exact) mass is 281 g/mol. The number of piperazine rings is 1. The molecule has 7 heteroatoms.